The van der Waals surface area contributed by atoms with Crippen LogP contribution in [0.3, 0.4) is 0 Å². The fourth-order valence-electron chi connectivity index (χ4n) is 1.67. The number of hydrogen-bond donors (Lipinski definition) is 0. The number of carbonyl (C=O) groups is 1. The molecule has 0 amide bonds. The third kappa shape index (κ3) is 5.60. The van der Waals surface area contributed by atoms with Crippen LogP contribution >= 0.6 is 11.8 Å². The zero-order valence-electron chi connectivity index (χ0n) is 10.8. The van der Waals surface area contributed by atoms with Crippen molar-refractivity contribution in [3.05, 3.63) is 0 Å². The molecule has 1 nitrogen and oxygen atoms in total. The molecule has 0 aromatic heterocycles. The molecule has 0 bridgehead atoms. The minimum atomic E-state index is -0.0777. The fraction of sp³-hybridized carbons (Fsp3) is 0.923. The van der Waals surface area contributed by atoms with Gasteiger partial charge in [-0.1, -0.05) is 58.7 Å². The Morgan fingerprint density at radius 1 is 1.13 bits per heavy atom. The third-order valence-electron chi connectivity index (χ3n) is 3.06. The third-order valence-corrected chi connectivity index (χ3v) is 4.30. The lowest BCUT2D eigenvalue weighted by atomic mass is 9.84. The molecule has 0 aliphatic rings. The molecule has 0 saturated heterocycles. The minimum Gasteiger partial charge on any atom is -0.287 e. The van der Waals surface area contributed by atoms with Crippen molar-refractivity contribution in [2.75, 3.05) is 5.75 Å². The first-order valence-corrected chi connectivity index (χ1v) is 7.26. The summed E-state index contributed by atoms with van der Waals surface area (Å²) in [4.78, 5) is 12.0. The van der Waals surface area contributed by atoms with Crippen LogP contribution in [0.5, 0.6) is 0 Å². The van der Waals surface area contributed by atoms with Gasteiger partial charge >= 0.3 is 0 Å². The topological polar surface area (TPSA) is 17.1 Å². The Morgan fingerprint density at radius 3 is 2.27 bits per heavy atom. The van der Waals surface area contributed by atoms with Gasteiger partial charge in [-0.3, -0.25) is 4.79 Å². The second-order valence-electron chi connectivity index (χ2n) is 4.51. The van der Waals surface area contributed by atoms with Crippen molar-refractivity contribution in [2.24, 2.45) is 5.41 Å². The van der Waals surface area contributed by atoms with Gasteiger partial charge in [0.2, 0.25) is 0 Å². The number of thioether (sulfide) groups is 1. The molecule has 90 valence electrons. The maximum absolute atomic E-state index is 12.0. The van der Waals surface area contributed by atoms with Gasteiger partial charge < -0.3 is 0 Å². The molecule has 0 radical (unpaired) electrons. The minimum absolute atomic E-state index is 0.0777. The molecule has 0 aliphatic heterocycles. The van der Waals surface area contributed by atoms with Gasteiger partial charge in [0, 0.05) is 11.2 Å². The lowest BCUT2D eigenvalue weighted by Crippen LogP contribution is -2.24. The number of carbonyl (C=O) groups excluding carboxylic acids is 1. The molecule has 1 unspecified atom stereocenters. The summed E-state index contributed by atoms with van der Waals surface area (Å²) in [6.45, 7) is 8.59. The Morgan fingerprint density at radius 2 is 1.80 bits per heavy atom. The highest BCUT2D eigenvalue weighted by atomic mass is 32.2. The zero-order chi connectivity index (χ0) is 11.7. The molecule has 15 heavy (non-hydrogen) atoms. The quantitative estimate of drug-likeness (QED) is 0.564. The fourth-order valence-corrected chi connectivity index (χ4v) is 2.79. The van der Waals surface area contributed by atoms with Crippen molar-refractivity contribution < 1.29 is 4.79 Å². The van der Waals surface area contributed by atoms with Gasteiger partial charge in [-0.15, -0.1) is 0 Å². The highest BCUT2D eigenvalue weighted by molar-refractivity contribution is 8.13. The van der Waals surface area contributed by atoms with Crippen LogP contribution in [0.15, 0.2) is 0 Å². The smallest absolute Gasteiger partial charge is 0.194 e. The maximum Gasteiger partial charge on any atom is 0.194 e. The molecule has 0 aromatic carbocycles. The van der Waals surface area contributed by atoms with Crippen LogP contribution in [-0.2, 0) is 4.79 Å². The molecule has 0 heterocycles. The van der Waals surface area contributed by atoms with Crippen LogP contribution in [0.25, 0.3) is 0 Å². The molecule has 0 N–H and O–H groups in total. The van der Waals surface area contributed by atoms with Gasteiger partial charge in [-0.2, -0.15) is 0 Å². The van der Waals surface area contributed by atoms with E-state index in [4.69, 9.17) is 0 Å². The van der Waals surface area contributed by atoms with E-state index in [-0.39, 0.29) is 5.41 Å². The van der Waals surface area contributed by atoms with Crippen LogP contribution in [0.4, 0.5) is 0 Å². The lowest BCUT2D eigenvalue weighted by molar-refractivity contribution is -0.119. The molecule has 0 rings (SSSR count). The Kier molecular flexibility index (Phi) is 8.22. The van der Waals surface area contributed by atoms with E-state index in [1.807, 2.05) is 0 Å². The molecule has 0 saturated carbocycles. The first-order valence-electron chi connectivity index (χ1n) is 6.28. The predicted octanol–water partition coefficient (Wildman–Crippen LogP) is 4.65. The summed E-state index contributed by atoms with van der Waals surface area (Å²) in [7, 11) is 0. The Bertz CT molecular complexity index is 179. The Balaban J connectivity index is 3.93. The Labute approximate surface area is 99.4 Å². The maximum atomic E-state index is 12.0. The average molecular weight is 230 g/mol. The van der Waals surface area contributed by atoms with Gasteiger partial charge in [0.05, 0.1) is 0 Å². The van der Waals surface area contributed by atoms with E-state index < -0.39 is 0 Å². The monoisotopic (exact) mass is 230 g/mol. The standard InChI is InChI=1S/C13H26OS/c1-5-8-9-11-15-12(14)13(4,7-3)10-6-2/h5-11H2,1-4H3. The number of unbranched alkanes of at least 4 members (excludes halogenated alkanes) is 2. The van der Waals surface area contributed by atoms with Crippen molar-refractivity contribution in [3.63, 3.8) is 0 Å². The molecule has 0 fully saturated rings. The van der Waals surface area contributed by atoms with Crippen LogP contribution < -0.4 is 0 Å². The summed E-state index contributed by atoms with van der Waals surface area (Å²) in [5, 5.41) is 0.406. The second kappa shape index (κ2) is 8.20. The van der Waals surface area contributed by atoms with Crippen molar-refractivity contribution in [3.8, 4) is 0 Å². The summed E-state index contributed by atoms with van der Waals surface area (Å²) in [5.74, 6) is 1.01. The summed E-state index contributed by atoms with van der Waals surface area (Å²) >= 11 is 1.55. The second-order valence-corrected chi connectivity index (χ2v) is 5.57. The van der Waals surface area contributed by atoms with Crippen LogP contribution in [0.2, 0.25) is 0 Å². The largest absolute Gasteiger partial charge is 0.287 e. The van der Waals surface area contributed by atoms with E-state index in [0.717, 1.165) is 25.0 Å². The van der Waals surface area contributed by atoms with E-state index in [0.29, 0.717) is 5.12 Å². The lowest BCUT2D eigenvalue weighted by Gasteiger charge is -2.25. The van der Waals surface area contributed by atoms with E-state index in [9.17, 15) is 4.79 Å². The van der Waals surface area contributed by atoms with Crippen LogP contribution in [0, 0.1) is 5.41 Å². The van der Waals surface area contributed by atoms with Gasteiger partial charge in [0.15, 0.2) is 5.12 Å². The number of rotatable bonds is 8. The van der Waals surface area contributed by atoms with Gasteiger partial charge in [-0.05, 0) is 19.3 Å². The predicted molar refractivity (Wildman–Crippen MR) is 70.3 cm³/mol. The van der Waals surface area contributed by atoms with Crippen LogP contribution in [-0.4, -0.2) is 10.9 Å². The molecular formula is C13H26OS. The van der Waals surface area contributed by atoms with E-state index >= 15 is 0 Å². The molecule has 0 spiro atoms. The van der Waals surface area contributed by atoms with E-state index in [2.05, 4.69) is 27.7 Å². The summed E-state index contributed by atoms with van der Waals surface area (Å²) < 4.78 is 0. The summed E-state index contributed by atoms with van der Waals surface area (Å²) in [5.41, 5.74) is -0.0777. The number of hydrogen-bond acceptors (Lipinski definition) is 2. The zero-order valence-corrected chi connectivity index (χ0v) is 11.6. The molecule has 1 atom stereocenters. The molecular weight excluding hydrogens is 204 g/mol. The summed E-state index contributed by atoms with van der Waals surface area (Å²) in [6, 6.07) is 0. The highest BCUT2D eigenvalue weighted by Crippen LogP contribution is 2.33. The molecule has 0 aliphatic carbocycles. The average Bonchev–Trinajstić information content (AvgIpc) is 2.24. The first kappa shape index (κ1) is 15.0. The first-order chi connectivity index (χ1) is 7.10. The van der Waals surface area contributed by atoms with Crippen molar-refractivity contribution in [2.45, 2.75) is 66.2 Å². The SMILES string of the molecule is CCCCCSC(=O)C(C)(CC)CCC. The van der Waals surface area contributed by atoms with Crippen molar-refractivity contribution in [1.82, 2.24) is 0 Å². The Hall–Kier alpha value is 0.0200. The molecule has 2 heteroatoms. The van der Waals surface area contributed by atoms with Gasteiger partial charge in [0.1, 0.15) is 0 Å². The van der Waals surface area contributed by atoms with E-state index in [1.165, 1.54) is 19.3 Å². The van der Waals surface area contributed by atoms with E-state index in [1.54, 1.807) is 11.8 Å². The van der Waals surface area contributed by atoms with Gasteiger partial charge in [-0.25, -0.2) is 0 Å². The highest BCUT2D eigenvalue weighted by Gasteiger charge is 2.29. The van der Waals surface area contributed by atoms with Crippen molar-refractivity contribution in [1.29, 1.82) is 0 Å². The van der Waals surface area contributed by atoms with Crippen molar-refractivity contribution >= 4 is 16.9 Å². The summed E-state index contributed by atoms with van der Waals surface area (Å²) in [6.07, 6.45) is 6.76. The van der Waals surface area contributed by atoms with Crippen LogP contribution in [0.1, 0.15) is 66.2 Å². The normalized spacial score (nSPS) is 14.9. The molecule has 0 aromatic rings. The van der Waals surface area contributed by atoms with Gasteiger partial charge in [0.25, 0.3) is 0 Å².